The normalized spacial score (nSPS) is 16.0. The Morgan fingerprint density at radius 2 is 1.90 bits per heavy atom. The fourth-order valence-corrected chi connectivity index (χ4v) is 4.29. The molecule has 2 rings (SSSR count). The minimum Gasteiger partial charge on any atom is -0.449 e. The van der Waals surface area contributed by atoms with Gasteiger partial charge in [-0.3, -0.25) is 10.1 Å². The van der Waals surface area contributed by atoms with E-state index in [9.17, 15) is 22.8 Å². The Bertz CT molecular complexity index is 879. The van der Waals surface area contributed by atoms with Gasteiger partial charge in [-0.05, 0) is 38.5 Å². The number of nitrogens with zero attached hydrogens (tertiary/aromatic N) is 1. The van der Waals surface area contributed by atoms with Crippen molar-refractivity contribution < 1.29 is 32.3 Å². The van der Waals surface area contributed by atoms with E-state index in [1.807, 2.05) is 5.32 Å². The van der Waals surface area contributed by atoms with Gasteiger partial charge in [-0.15, -0.1) is 0 Å². The van der Waals surface area contributed by atoms with Crippen molar-refractivity contribution in [2.75, 3.05) is 32.8 Å². The number of amides is 3. The summed E-state index contributed by atoms with van der Waals surface area (Å²) < 4.78 is 37.4. The number of hydrogen-bond donors (Lipinski definition) is 2. The Kier molecular flexibility index (Phi) is 7.71. The van der Waals surface area contributed by atoms with Crippen LogP contribution in [0.4, 0.5) is 4.79 Å². The van der Waals surface area contributed by atoms with Crippen LogP contribution < -0.4 is 10.6 Å². The zero-order valence-electron chi connectivity index (χ0n) is 16.6. The van der Waals surface area contributed by atoms with Gasteiger partial charge >= 0.3 is 12.0 Å². The van der Waals surface area contributed by atoms with Gasteiger partial charge < -0.3 is 14.8 Å². The number of nitrogens with one attached hydrogen (secondary N) is 2. The molecule has 0 aliphatic carbocycles. The van der Waals surface area contributed by atoms with Crippen LogP contribution in [0.3, 0.4) is 0 Å². The minimum atomic E-state index is -3.80. The van der Waals surface area contributed by atoms with Crippen LogP contribution in [0.25, 0.3) is 0 Å². The third-order valence-electron chi connectivity index (χ3n) is 4.24. The van der Waals surface area contributed by atoms with Crippen LogP contribution in [-0.2, 0) is 24.3 Å². The van der Waals surface area contributed by atoms with Crippen molar-refractivity contribution >= 4 is 27.9 Å². The van der Waals surface area contributed by atoms with Crippen molar-refractivity contribution in [3.8, 4) is 0 Å². The van der Waals surface area contributed by atoms with Crippen LogP contribution in [0.2, 0.25) is 0 Å². The third-order valence-corrected chi connectivity index (χ3v) is 6.28. The molecule has 29 heavy (non-hydrogen) atoms. The molecule has 11 heteroatoms. The van der Waals surface area contributed by atoms with Gasteiger partial charge in [0.15, 0.2) is 6.10 Å². The van der Waals surface area contributed by atoms with Crippen molar-refractivity contribution in [3.63, 3.8) is 0 Å². The van der Waals surface area contributed by atoms with Crippen molar-refractivity contribution in [2.45, 2.75) is 31.8 Å². The van der Waals surface area contributed by atoms with Crippen LogP contribution in [0.15, 0.2) is 23.1 Å². The fourth-order valence-electron chi connectivity index (χ4n) is 2.63. The van der Waals surface area contributed by atoms with Crippen molar-refractivity contribution in [1.29, 1.82) is 0 Å². The second kappa shape index (κ2) is 9.81. The van der Waals surface area contributed by atoms with E-state index in [0.717, 1.165) is 0 Å². The summed E-state index contributed by atoms with van der Waals surface area (Å²) in [4.78, 5) is 35.7. The van der Waals surface area contributed by atoms with E-state index in [-0.39, 0.29) is 23.5 Å². The highest BCUT2D eigenvalue weighted by Gasteiger charge is 2.29. The maximum absolute atomic E-state index is 12.9. The highest BCUT2D eigenvalue weighted by molar-refractivity contribution is 7.89. The van der Waals surface area contributed by atoms with E-state index in [2.05, 4.69) is 5.32 Å². The van der Waals surface area contributed by atoms with Crippen LogP contribution in [-0.4, -0.2) is 69.6 Å². The summed E-state index contributed by atoms with van der Waals surface area (Å²) in [6.45, 7) is 6.03. The molecular formula is C18H25N3O7S. The Labute approximate surface area is 169 Å². The number of esters is 1. The summed E-state index contributed by atoms with van der Waals surface area (Å²) in [5.74, 6) is -1.67. The largest absolute Gasteiger partial charge is 0.449 e. The van der Waals surface area contributed by atoms with E-state index in [1.54, 1.807) is 13.8 Å². The van der Waals surface area contributed by atoms with E-state index >= 15 is 0 Å². The van der Waals surface area contributed by atoms with E-state index in [1.165, 1.54) is 29.4 Å². The highest BCUT2D eigenvalue weighted by Crippen LogP contribution is 2.23. The van der Waals surface area contributed by atoms with Gasteiger partial charge in [0, 0.05) is 19.6 Å². The summed E-state index contributed by atoms with van der Waals surface area (Å²) >= 11 is 0. The SMILES string of the molecule is CCNC(=O)NC(=O)C(C)OC(=O)c1ccc(C)c(S(=O)(=O)N2CCOCC2)c1. The Balaban J connectivity index is 2.14. The quantitative estimate of drug-likeness (QED) is 0.629. The molecule has 1 aromatic rings. The first kappa shape index (κ1) is 22.8. The number of morpholine rings is 1. The number of aryl methyl sites for hydroxylation is 1. The molecular weight excluding hydrogens is 402 g/mol. The molecule has 1 saturated heterocycles. The monoisotopic (exact) mass is 427 g/mol. The predicted molar refractivity (Wildman–Crippen MR) is 103 cm³/mol. The number of urea groups is 1. The fraction of sp³-hybridized carbons (Fsp3) is 0.500. The maximum atomic E-state index is 12.9. The Morgan fingerprint density at radius 3 is 2.52 bits per heavy atom. The van der Waals surface area contributed by atoms with E-state index in [4.69, 9.17) is 9.47 Å². The second-order valence-electron chi connectivity index (χ2n) is 6.39. The predicted octanol–water partition coefficient (Wildman–Crippen LogP) is 0.407. The number of sulfonamides is 1. The molecule has 3 amide bonds. The highest BCUT2D eigenvalue weighted by atomic mass is 32.2. The smallest absolute Gasteiger partial charge is 0.338 e. The lowest BCUT2D eigenvalue weighted by atomic mass is 10.1. The molecule has 1 aliphatic rings. The summed E-state index contributed by atoms with van der Waals surface area (Å²) in [5, 5.41) is 4.43. The van der Waals surface area contributed by atoms with Gasteiger partial charge in [0.1, 0.15) is 0 Å². The summed E-state index contributed by atoms with van der Waals surface area (Å²) in [6.07, 6.45) is -1.24. The number of carbonyl (C=O) groups excluding carboxylic acids is 3. The lowest BCUT2D eigenvalue weighted by Crippen LogP contribution is -2.44. The van der Waals surface area contributed by atoms with Gasteiger partial charge in [-0.25, -0.2) is 18.0 Å². The number of carbonyl (C=O) groups is 3. The van der Waals surface area contributed by atoms with Gasteiger partial charge in [0.2, 0.25) is 10.0 Å². The minimum absolute atomic E-state index is 0.00622. The lowest BCUT2D eigenvalue weighted by molar-refractivity contribution is -0.127. The molecule has 1 atom stereocenters. The molecule has 160 valence electrons. The zero-order valence-corrected chi connectivity index (χ0v) is 17.4. The summed E-state index contributed by atoms with van der Waals surface area (Å²) in [7, 11) is -3.80. The average molecular weight is 427 g/mol. The van der Waals surface area contributed by atoms with Crippen molar-refractivity contribution in [1.82, 2.24) is 14.9 Å². The lowest BCUT2D eigenvalue weighted by Gasteiger charge is -2.26. The van der Waals surface area contributed by atoms with Gasteiger partial charge in [0.25, 0.3) is 5.91 Å². The molecule has 1 fully saturated rings. The van der Waals surface area contributed by atoms with E-state index in [0.29, 0.717) is 25.3 Å². The molecule has 1 aliphatic heterocycles. The van der Waals surface area contributed by atoms with Gasteiger partial charge in [0.05, 0.1) is 23.7 Å². The van der Waals surface area contributed by atoms with Crippen LogP contribution in [0.5, 0.6) is 0 Å². The average Bonchev–Trinajstić information content (AvgIpc) is 2.68. The number of ether oxygens (including phenoxy) is 2. The molecule has 0 bridgehead atoms. The molecule has 1 unspecified atom stereocenters. The summed E-state index contributed by atoms with van der Waals surface area (Å²) in [5.41, 5.74) is 0.468. The molecule has 0 saturated carbocycles. The Morgan fingerprint density at radius 1 is 1.24 bits per heavy atom. The number of imide groups is 1. The first-order valence-corrected chi connectivity index (χ1v) is 10.6. The molecule has 0 aromatic heterocycles. The zero-order chi connectivity index (χ0) is 21.6. The topological polar surface area (TPSA) is 131 Å². The molecule has 0 radical (unpaired) electrons. The molecule has 1 aromatic carbocycles. The number of benzene rings is 1. The third kappa shape index (κ3) is 5.75. The molecule has 2 N–H and O–H groups in total. The standard InChI is InChI=1S/C18H25N3O7S/c1-4-19-18(24)20-16(22)13(3)28-17(23)14-6-5-12(2)15(11-14)29(25,26)21-7-9-27-10-8-21/h5-6,11,13H,4,7-10H2,1-3H3,(H2,19,20,22,24). The van der Waals surface area contributed by atoms with Gasteiger partial charge in [-0.2, -0.15) is 4.31 Å². The molecule has 0 spiro atoms. The van der Waals surface area contributed by atoms with Crippen molar-refractivity contribution in [2.24, 2.45) is 0 Å². The van der Waals surface area contributed by atoms with Crippen LogP contribution >= 0.6 is 0 Å². The molecule has 10 nitrogen and oxygen atoms in total. The second-order valence-corrected chi connectivity index (χ2v) is 8.30. The van der Waals surface area contributed by atoms with Crippen LogP contribution in [0, 0.1) is 6.92 Å². The first-order valence-electron chi connectivity index (χ1n) is 9.15. The first-order chi connectivity index (χ1) is 13.7. The van der Waals surface area contributed by atoms with Crippen molar-refractivity contribution in [3.05, 3.63) is 29.3 Å². The number of rotatable bonds is 6. The van der Waals surface area contributed by atoms with Crippen LogP contribution in [0.1, 0.15) is 29.8 Å². The van der Waals surface area contributed by atoms with Gasteiger partial charge in [-0.1, -0.05) is 6.07 Å². The van der Waals surface area contributed by atoms with E-state index < -0.39 is 34.0 Å². The molecule has 1 heterocycles. The number of hydrogen-bond acceptors (Lipinski definition) is 7. The summed E-state index contributed by atoms with van der Waals surface area (Å²) in [6, 6.07) is 3.46. The maximum Gasteiger partial charge on any atom is 0.338 e. The Hall–Kier alpha value is -2.50.